The lowest BCUT2D eigenvalue weighted by atomic mass is 9.98. The third kappa shape index (κ3) is 6.69. The molecule has 3 amide bonds. The molecule has 1 aromatic heterocycles. The van der Waals surface area contributed by atoms with Crippen molar-refractivity contribution in [3.05, 3.63) is 70.4 Å². The van der Waals surface area contributed by atoms with Crippen LogP contribution in [0.5, 0.6) is 17.2 Å². The van der Waals surface area contributed by atoms with Gasteiger partial charge in [0.25, 0.3) is 5.91 Å². The molecule has 1 atom stereocenters. The minimum atomic E-state index is -1.07. The molecule has 3 aromatic rings. The minimum Gasteiger partial charge on any atom is -0.497 e. The third-order valence-corrected chi connectivity index (χ3v) is 7.35. The lowest BCUT2D eigenvalue weighted by Crippen LogP contribution is -2.52. The summed E-state index contributed by atoms with van der Waals surface area (Å²) >= 11 is 1.28. The number of thiophene rings is 1. The van der Waals surface area contributed by atoms with Gasteiger partial charge in [-0.05, 0) is 61.5 Å². The fraction of sp³-hybridized carbons (Fsp3) is 0.345. The summed E-state index contributed by atoms with van der Waals surface area (Å²) in [6.45, 7) is 6.28. The number of amides is 3. The van der Waals surface area contributed by atoms with Crippen molar-refractivity contribution >= 4 is 34.7 Å². The molecule has 206 valence electrons. The van der Waals surface area contributed by atoms with Crippen LogP contribution < -0.4 is 29.7 Å². The normalized spacial score (nSPS) is 13.2. The van der Waals surface area contributed by atoms with Crippen LogP contribution in [0.3, 0.4) is 0 Å². The van der Waals surface area contributed by atoms with Gasteiger partial charge in [-0.3, -0.25) is 19.3 Å². The highest BCUT2D eigenvalue weighted by atomic mass is 32.1. The molecule has 0 saturated carbocycles. The molecule has 2 heterocycles. The molecular formula is C29H33N3O6S. The van der Waals surface area contributed by atoms with Gasteiger partial charge in [-0.15, -0.1) is 11.3 Å². The van der Waals surface area contributed by atoms with Gasteiger partial charge in [-0.2, -0.15) is 0 Å². The minimum absolute atomic E-state index is 0.323. The summed E-state index contributed by atoms with van der Waals surface area (Å²) in [5.74, 6) is 0.350. The van der Waals surface area contributed by atoms with Crippen molar-refractivity contribution < 1.29 is 28.6 Å². The Labute approximate surface area is 232 Å². The summed E-state index contributed by atoms with van der Waals surface area (Å²) in [5, 5.41) is 7.56. The number of anilines is 1. The predicted molar refractivity (Wildman–Crippen MR) is 150 cm³/mol. The van der Waals surface area contributed by atoms with Crippen molar-refractivity contribution in [1.82, 2.24) is 10.6 Å². The molecule has 0 radical (unpaired) electrons. The molecule has 0 spiro atoms. The van der Waals surface area contributed by atoms with Crippen LogP contribution in [0.25, 0.3) is 0 Å². The van der Waals surface area contributed by atoms with Gasteiger partial charge in [0, 0.05) is 17.3 Å². The second-order valence-corrected chi connectivity index (χ2v) is 10.6. The monoisotopic (exact) mass is 551 g/mol. The van der Waals surface area contributed by atoms with E-state index in [4.69, 9.17) is 14.2 Å². The van der Waals surface area contributed by atoms with Gasteiger partial charge in [0.05, 0.1) is 18.5 Å². The van der Waals surface area contributed by atoms with E-state index in [1.54, 1.807) is 60.0 Å². The molecule has 0 fully saturated rings. The van der Waals surface area contributed by atoms with E-state index in [2.05, 4.69) is 10.6 Å². The number of nitrogens with zero attached hydrogens (tertiary/aromatic N) is 1. The first-order valence-electron chi connectivity index (χ1n) is 12.7. The van der Waals surface area contributed by atoms with Gasteiger partial charge in [-0.1, -0.05) is 25.1 Å². The molecule has 1 aliphatic heterocycles. The Bertz CT molecular complexity index is 1320. The van der Waals surface area contributed by atoms with Crippen LogP contribution in [-0.2, 0) is 9.59 Å². The largest absolute Gasteiger partial charge is 0.497 e. The van der Waals surface area contributed by atoms with Crippen molar-refractivity contribution in [2.24, 2.45) is 0 Å². The van der Waals surface area contributed by atoms with Crippen LogP contribution in [0.15, 0.2) is 60.0 Å². The molecule has 0 aliphatic carbocycles. The number of carbonyl (C=O) groups is 3. The topological polar surface area (TPSA) is 106 Å². The zero-order valence-electron chi connectivity index (χ0n) is 22.5. The van der Waals surface area contributed by atoms with E-state index in [9.17, 15) is 14.4 Å². The number of fused-ring (bicyclic) bond motifs is 1. The van der Waals surface area contributed by atoms with Crippen LogP contribution in [0, 0.1) is 0 Å². The van der Waals surface area contributed by atoms with Gasteiger partial charge in [0.15, 0.2) is 11.5 Å². The molecule has 1 aliphatic rings. The first-order chi connectivity index (χ1) is 18.7. The number of ether oxygens (including phenoxy) is 3. The summed E-state index contributed by atoms with van der Waals surface area (Å²) in [5.41, 5.74) is 0.446. The molecule has 2 N–H and O–H groups in total. The number of methoxy groups -OCH3 is 1. The average molecular weight is 552 g/mol. The number of benzene rings is 2. The molecule has 2 aromatic carbocycles. The van der Waals surface area contributed by atoms with E-state index < -0.39 is 17.5 Å². The number of nitrogens with one attached hydrogen (secondary N) is 2. The Morgan fingerprint density at radius 1 is 1.05 bits per heavy atom. The summed E-state index contributed by atoms with van der Waals surface area (Å²) in [6.07, 6.45) is 0.679. The SMILES string of the molecule is CCC(C)(C)NC(=O)[C@H](c1cccc(OC)c1)N(C(=O)CNC(=O)c1cccs1)c1ccc2c(c1)OCCO2. The summed E-state index contributed by atoms with van der Waals surface area (Å²) in [6, 6.07) is 14.5. The number of hydrogen-bond donors (Lipinski definition) is 2. The van der Waals surface area contributed by atoms with E-state index in [0.717, 1.165) is 0 Å². The van der Waals surface area contributed by atoms with Gasteiger partial charge >= 0.3 is 0 Å². The number of rotatable bonds is 10. The first kappa shape index (κ1) is 28.0. The molecule has 4 rings (SSSR count). The van der Waals surface area contributed by atoms with Crippen molar-refractivity contribution in [3.63, 3.8) is 0 Å². The average Bonchev–Trinajstić information content (AvgIpc) is 3.49. The zero-order chi connectivity index (χ0) is 28.0. The first-order valence-corrected chi connectivity index (χ1v) is 13.6. The second-order valence-electron chi connectivity index (χ2n) is 9.66. The standard InChI is InChI=1S/C29H33N3O6S/c1-5-29(2,3)31-28(35)26(19-8-6-9-21(16-19)36-4)32(20-11-12-22-23(17-20)38-14-13-37-22)25(33)18-30-27(34)24-10-7-15-39-24/h6-12,15-17,26H,5,13-14,18H2,1-4H3,(H,30,34)(H,31,35)/t26-/m0/s1. The molecule has 9 nitrogen and oxygen atoms in total. The van der Waals surface area contributed by atoms with Crippen LogP contribution >= 0.6 is 11.3 Å². The van der Waals surface area contributed by atoms with Gasteiger partial charge < -0.3 is 24.8 Å². The van der Waals surface area contributed by atoms with Crippen molar-refractivity contribution in [2.75, 3.05) is 31.8 Å². The summed E-state index contributed by atoms with van der Waals surface area (Å²) in [7, 11) is 1.54. The van der Waals surface area contributed by atoms with Gasteiger partial charge in [0.1, 0.15) is 25.0 Å². The Hall–Kier alpha value is -4.05. The predicted octanol–water partition coefficient (Wildman–Crippen LogP) is 4.34. The molecule has 0 unspecified atom stereocenters. The van der Waals surface area contributed by atoms with Crippen LogP contribution in [0.1, 0.15) is 48.5 Å². The lowest BCUT2D eigenvalue weighted by molar-refractivity contribution is -0.127. The van der Waals surface area contributed by atoms with Crippen molar-refractivity contribution in [2.45, 2.75) is 38.8 Å². The van der Waals surface area contributed by atoms with E-state index in [-0.39, 0.29) is 18.4 Å². The Morgan fingerprint density at radius 3 is 2.51 bits per heavy atom. The Kier molecular flexibility index (Phi) is 8.75. The van der Waals surface area contributed by atoms with E-state index in [0.29, 0.717) is 53.0 Å². The maximum atomic E-state index is 14.0. The fourth-order valence-electron chi connectivity index (χ4n) is 4.07. The van der Waals surface area contributed by atoms with Crippen LogP contribution in [0.2, 0.25) is 0 Å². The molecular weight excluding hydrogens is 518 g/mol. The highest BCUT2D eigenvalue weighted by Gasteiger charge is 2.36. The molecule has 10 heteroatoms. The van der Waals surface area contributed by atoms with Crippen molar-refractivity contribution in [1.29, 1.82) is 0 Å². The number of hydrogen-bond acceptors (Lipinski definition) is 7. The molecule has 0 bridgehead atoms. The highest BCUT2D eigenvalue weighted by Crippen LogP contribution is 2.37. The third-order valence-electron chi connectivity index (χ3n) is 6.48. The van der Waals surface area contributed by atoms with E-state index >= 15 is 0 Å². The van der Waals surface area contributed by atoms with Crippen LogP contribution in [0.4, 0.5) is 5.69 Å². The second kappa shape index (κ2) is 12.2. The fourth-order valence-corrected chi connectivity index (χ4v) is 4.71. The van der Waals surface area contributed by atoms with Crippen molar-refractivity contribution in [3.8, 4) is 17.2 Å². The van der Waals surface area contributed by atoms with Crippen LogP contribution in [-0.4, -0.2) is 50.1 Å². The highest BCUT2D eigenvalue weighted by molar-refractivity contribution is 7.12. The maximum absolute atomic E-state index is 14.0. The van der Waals surface area contributed by atoms with E-state index in [1.165, 1.54) is 23.3 Å². The quantitative estimate of drug-likeness (QED) is 0.388. The summed E-state index contributed by atoms with van der Waals surface area (Å²) in [4.78, 5) is 42.4. The zero-order valence-corrected chi connectivity index (χ0v) is 23.3. The summed E-state index contributed by atoms with van der Waals surface area (Å²) < 4.78 is 16.9. The van der Waals surface area contributed by atoms with Gasteiger partial charge in [0.2, 0.25) is 11.8 Å². The van der Waals surface area contributed by atoms with Gasteiger partial charge in [-0.25, -0.2) is 0 Å². The smallest absolute Gasteiger partial charge is 0.261 e. The maximum Gasteiger partial charge on any atom is 0.261 e. The lowest BCUT2D eigenvalue weighted by Gasteiger charge is -2.35. The Morgan fingerprint density at radius 2 is 1.82 bits per heavy atom. The molecule has 0 saturated heterocycles. The Balaban J connectivity index is 1.78. The molecule has 39 heavy (non-hydrogen) atoms. The number of carbonyl (C=O) groups excluding carboxylic acids is 3. The van der Waals surface area contributed by atoms with E-state index in [1.807, 2.05) is 20.8 Å².